The van der Waals surface area contributed by atoms with Crippen LogP contribution in [0.5, 0.6) is 0 Å². The number of rotatable bonds is 7. The number of halogens is 1. The van der Waals surface area contributed by atoms with Gasteiger partial charge >= 0.3 is 0 Å². The van der Waals surface area contributed by atoms with Crippen LogP contribution in [-0.4, -0.2) is 29.7 Å². The predicted molar refractivity (Wildman–Crippen MR) is 98.7 cm³/mol. The first-order chi connectivity index (χ1) is 12.2. The van der Waals surface area contributed by atoms with Gasteiger partial charge in [0.05, 0.1) is 18.5 Å². The molecule has 0 spiro atoms. The van der Waals surface area contributed by atoms with Crippen LogP contribution in [0, 0.1) is 0 Å². The number of furan rings is 1. The van der Waals surface area contributed by atoms with Crippen molar-refractivity contribution in [3.05, 3.63) is 59.0 Å². The Morgan fingerprint density at radius 3 is 2.84 bits per heavy atom. The van der Waals surface area contributed by atoms with Gasteiger partial charge in [0.25, 0.3) is 5.91 Å². The lowest BCUT2D eigenvalue weighted by molar-refractivity contribution is -0.132. The lowest BCUT2D eigenvalue weighted by Crippen LogP contribution is -2.35. The summed E-state index contributed by atoms with van der Waals surface area (Å²) in [6.45, 7) is 3.23. The number of hydrogen-bond acceptors (Lipinski definition) is 4. The van der Waals surface area contributed by atoms with Gasteiger partial charge in [0.15, 0.2) is 0 Å². The van der Waals surface area contributed by atoms with E-state index in [4.69, 9.17) is 16.0 Å². The summed E-state index contributed by atoms with van der Waals surface area (Å²) < 4.78 is 5.54. The number of hydrazone groups is 1. The number of unbranched alkanes of at least 4 members (excludes halogenated alkanes) is 1. The molecule has 1 aliphatic heterocycles. The zero-order valence-electron chi connectivity index (χ0n) is 14.2. The number of carbonyl (C=O) groups excluding carboxylic acids is 1. The first kappa shape index (κ1) is 17.7. The highest BCUT2D eigenvalue weighted by atomic mass is 35.5. The molecule has 1 aromatic carbocycles. The van der Waals surface area contributed by atoms with Crippen molar-refractivity contribution in [3.63, 3.8) is 0 Å². The Morgan fingerprint density at radius 2 is 2.16 bits per heavy atom. The second-order valence-corrected chi connectivity index (χ2v) is 6.49. The Balaban J connectivity index is 1.77. The van der Waals surface area contributed by atoms with Crippen LogP contribution in [0.1, 0.15) is 43.6 Å². The molecule has 1 aliphatic rings. The Hall–Kier alpha value is -2.11. The zero-order valence-corrected chi connectivity index (χ0v) is 15.0. The predicted octanol–water partition coefficient (Wildman–Crippen LogP) is 4.00. The van der Waals surface area contributed by atoms with E-state index in [1.54, 1.807) is 11.3 Å². The molecule has 5 nitrogen and oxygen atoms in total. The lowest BCUT2D eigenvalue weighted by Gasteiger charge is -2.20. The number of nitrogens with one attached hydrogen (secondary N) is 1. The summed E-state index contributed by atoms with van der Waals surface area (Å²) >= 11 is 5.96. The summed E-state index contributed by atoms with van der Waals surface area (Å²) in [6.07, 6.45) is 4.39. The Bertz CT molecular complexity index is 726. The molecule has 0 aliphatic carbocycles. The van der Waals surface area contributed by atoms with Crippen LogP contribution in [0.2, 0.25) is 5.02 Å². The smallest absolute Gasteiger partial charge is 0.257 e. The highest BCUT2D eigenvalue weighted by Crippen LogP contribution is 2.33. The van der Waals surface area contributed by atoms with E-state index in [-0.39, 0.29) is 18.5 Å². The molecule has 0 bridgehead atoms. The van der Waals surface area contributed by atoms with Crippen LogP contribution in [0.15, 0.2) is 52.2 Å². The lowest BCUT2D eigenvalue weighted by atomic mass is 10.0. The van der Waals surface area contributed by atoms with Crippen LogP contribution < -0.4 is 5.32 Å². The van der Waals surface area contributed by atoms with Gasteiger partial charge in [0.1, 0.15) is 11.8 Å². The highest BCUT2D eigenvalue weighted by Gasteiger charge is 2.34. The third kappa shape index (κ3) is 4.30. The molecule has 2 aromatic rings. The number of carbonyl (C=O) groups is 1. The molecule has 132 valence electrons. The van der Waals surface area contributed by atoms with Gasteiger partial charge in [0.2, 0.25) is 0 Å². The molecule has 1 atom stereocenters. The minimum absolute atomic E-state index is 0.0542. The van der Waals surface area contributed by atoms with Gasteiger partial charge in [-0.3, -0.25) is 4.79 Å². The molecule has 0 fully saturated rings. The topological polar surface area (TPSA) is 57.8 Å². The molecule has 1 aromatic heterocycles. The number of amides is 1. The molecule has 25 heavy (non-hydrogen) atoms. The summed E-state index contributed by atoms with van der Waals surface area (Å²) in [6, 6.07) is 11.0. The summed E-state index contributed by atoms with van der Waals surface area (Å²) in [5.74, 6) is 0.691. The van der Waals surface area contributed by atoms with Crippen molar-refractivity contribution >= 4 is 23.2 Å². The van der Waals surface area contributed by atoms with E-state index in [0.717, 1.165) is 36.4 Å². The highest BCUT2D eigenvalue weighted by molar-refractivity contribution is 6.30. The Labute approximate surface area is 152 Å². The van der Waals surface area contributed by atoms with E-state index < -0.39 is 0 Å². The fourth-order valence-electron chi connectivity index (χ4n) is 2.84. The van der Waals surface area contributed by atoms with Crippen molar-refractivity contribution in [2.75, 3.05) is 13.1 Å². The molecule has 0 unspecified atom stereocenters. The van der Waals surface area contributed by atoms with E-state index in [9.17, 15) is 4.79 Å². The fourth-order valence-corrected chi connectivity index (χ4v) is 2.96. The standard InChI is InChI=1S/C19H22ClN3O2/c1-2-3-10-21-13-19(24)23-17(18-5-4-11-25-18)12-16(22-23)14-6-8-15(20)9-7-14/h4-9,11,17,21H,2-3,10,12-13H2,1H3/t17-/m1/s1. The van der Waals surface area contributed by atoms with Gasteiger partial charge in [-0.1, -0.05) is 37.1 Å². The molecule has 6 heteroatoms. The average Bonchev–Trinajstić information content (AvgIpc) is 3.28. The maximum absolute atomic E-state index is 12.6. The molecule has 3 rings (SSSR count). The monoisotopic (exact) mass is 359 g/mol. The third-order valence-electron chi connectivity index (χ3n) is 4.20. The second-order valence-electron chi connectivity index (χ2n) is 6.06. The summed E-state index contributed by atoms with van der Waals surface area (Å²) in [5.41, 5.74) is 1.83. The van der Waals surface area contributed by atoms with E-state index in [1.807, 2.05) is 36.4 Å². The number of nitrogens with zero attached hydrogens (tertiary/aromatic N) is 2. The zero-order chi connectivity index (χ0) is 17.6. The Kier molecular flexibility index (Phi) is 5.89. The van der Waals surface area contributed by atoms with Gasteiger partial charge in [0, 0.05) is 11.4 Å². The van der Waals surface area contributed by atoms with Crippen LogP contribution in [0.3, 0.4) is 0 Å². The van der Waals surface area contributed by atoms with Crippen LogP contribution in [-0.2, 0) is 4.79 Å². The van der Waals surface area contributed by atoms with Crippen LogP contribution in [0.25, 0.3) is 0 Å². The molecular formula is C19H22ClN3O2. The van der Waals surface area contributed by atoms with E-state index >= 15 is 0 Å². The van der Waals surface area contributed by atoms with E-state index in [0.29, 0.717) is 11.4 Å². The maximum atomic E-state index is 12.6. The average molecular weight is 360 g/mol. The van der Waals surface area contributed by atoms with Crippen molar-refractivity contribution in [2.45, 2.75) is 32.2 Å². The first-order valence-electron chi connectivity index (χ1n) is 8.58. The van der Waals surface area contributed by atoms with Gasteiger partial charge in [-0.05, 0) is 42.8 Å². The fraction of sp³-hybridized carbons (Fsp3) is 0.368. The van der Waals surface area contributed by atoms with Crippen molar-refractivity contribution in [1.29, 1.82) is 0 Å². The van der Waals surface area contributed by atoms with Crippen molar-refractivity contribution < 1.29 is 9.21 Å². The summed E-state index contributed by atoms with van der Waals surface area (Å²) in [7, 11) is 0. The SMILES string of the molecule is CCCCNCC(=O)N1N=C(c2ccc(Cl)cc2)C[C@@H]1c1ccco1. The maximum Gasteiger partial charge on any atom is 0.257 e. The second kappa shape index (κ2) is 8.32. The summed E-state index contributed by atoms with van der Waals surface area (Å²) in [4.78, 5) is 12.6. The van der Waals surface area contributed by atoms with Crippen molar-refractivity contribution in [2.24, 2.45) is 5.10 Å². The molecule has 0 radical (unpaired) electrons. The minimum Gasteiger partial charge on any atom is -0.467 e. The normalized spacial score (nSPS) is 17.0. The molecule has 1 N–H and O–H groups in total. The summed E-state index contributed by atoms with van der Waals surface area (Å²) in [5, 5.41) is 9.99. The van der Waals surface area contributed by atoms with Crippen molar-refractivity contribution in [1.82, 2.24) is 10.3 Å². The minimum atomic E-state index is -0.207. The van der Waals surface area contributed by atoms with Gasteiger partial charge in [-0.2, -0.15) is 5.10 Å². The number of benzene rings is 1. The molecular weight excluding hydrogens is 338 g/mol. The quantitative estimate of drug-likeness (QED) is 0.760. The first-order valence-corrected chi connectivity index (χ1v) is 8.96. The van der Waals surface area contributed by atoms with E-state index in [1.165, 1.54) is 0 Å². The molecule has 2 heterocycles. The van der Waals surface area contributed by atoms with Crippen molar-refractivity contribution in [3.8, 4) is 0 Å². The molecule has 0 saturated carbocycles. The van der Waals surface area contributed by atoms with Gasteiger partial charge in [-0.25, -0.2) is 5.01 Å². The van der Waals surface area contributed by atoms with Crippen LogP contribution >= 0.6 is 11.6 Å². The largest absolute Gasteiger partial charge is 0.467 e. The Morgan fingerprint density at radius 1 is 1.36 bits per heavy atom. The van der Waals surface area contributed by atoms with Crippen LogP contribution in [0.4, 0.5) is 0 Å². The molecule has 1 amide bonds. The molecule has 0 saturated heterocycles. The van der Waals surface area contributed by atoms with Gasteiger partial charge in [-0.15, -0.1) is 0 Å². The van der Waals surface area contributed by atoms with E-state index in [2.05, 4.69) is 17.3 Å². The van der Waals surface area contributed by atoms with Gasteiger partial charge < -0.3 is 9.73 Å². The third-order valence-corrected chi connectivity index (χ3v) is 4.45. The number of hydrogen-bond donors (Lipinski definition) is 1.